The molecule has 1 atom stereocenters. The fourth-order valence-corrected chi connectivity index (χ4v) is 2.86. The summed E-state index contributed by atoms with van der Waals surface area (Å²) in [6.07, 6.45) is -10.2. The predicted molar refractivity (Wildman–Crippen MR) is 92.2 cm³/mol. The summed E-state index contributed by atoms with van der Waals surface area (Å²) in [5.74, 6) is -1.65. The van der Waals surface area contributed by atoms with Gasteiger partial charge in [0.25, 0.3) is 5.91 Å². The van der Waals surface area contributed by atoms with E-state index in [0.717, 1.165) is 18.8 Å². The van der Waals surface area contributed by atoms with E-state index in [4.69, 9.17) is 16.1 Å². The highest BCUT2D eigenvalue weighted by molar-refractivity contribution is 7.52. The van der Waals surface area contributed by atoms with Crippen LogP contribution in [0.25, 0.3) is 0 Å². The van der Waals surface area contributed by atoms with E-state index in [0.29, 0.717) is 12.1 Å². The summed E-state index contributed by atoms with van der Waals surface area (Å²) in [6.45, 7) is 0.811. The van der Waals surface area contributed by atoms with Gasteiger partial charge in [-0.05, 0) is 36.4 Å². The summed E-state index contributed by atoms with van der Waals surface area (Å²) >= 11 is 5.74. The number of hydrogen-bond donors (Lipinski definition) is 2. The van der Waals surface area contributed by atoms with E-state index in [9.17, 15) is 40.6 Å². The van der Waals surface area contributed by atoms with Gasteiger partial charge in [0.15, 0.2) is 0 Å². The predicted octanol–water partition coefficient (Wildman–Crippen LogP) is 5.82. The Morgan fingerprint density at radius 1 is 1.03 bits per heavy atom. The summed E-state index contributed by atoms with van der Waals surface area (Å²) in [7, 11) is -4.13. The van der Waals surface area contributed by atoms with Crippen LogP contribution in [0.4, 0.5) is 32.0 Å². The molecule has 158 valence electrons. The van der Waals surface area contributed by atoms with Crippen molar-refractivity contribution in [2.24, 2.45) is 0 Å². The van der Waals surface area contributed by atoms with Gasteiger partial charge in [-0.15, -0.1) is 0 Å². The maximum Gasteiger partial charge on any atom is 0.416 e. The molecule has 0 aliphatic carbocycles. The van der Waals surface area contributed by atoms with Gasteiger partial charge < -0.3 is 14.7 Å². The highest BCUT2D eigenvalue weighted by Crippen LogP contribution is 2.41. The second-order valence-electron chi connectivity index (χ2n) is 5.78. The zero-order valence-electron chi connectivity index (χ0n) is 14.2. The molecule has 0 spiro atoms. The molecular formula is C16H11ClF6NO4P. The quantitative estimate of drug-likeness (QED) is 0.444. The average molecular weight is 462 g/mol. The Balaban J connectivity index is 2.48. The lowest BCUT2D eigenvalue weighted by Gasteiger charge is -2.16. The van der Waals surface area contributed by atoms with Crippen molar-refractivity contribution in [2.45, 2.75) is 12.4 Å². The lowest BCUT2D eigenvalue weighted by Crippen LogP contribution is -2.16. The van der Waals surface area contributed by atoms with Gasteiger partial charge in [-0.2, -0.15) is 26.3 Å². The van der Waals surface area contributed by atoms with Crippen LogP contribution < -0.4 is 9.84 Å². The van der Waals surface area contributed by atoms with Crippen molar-refractivity contribution >= 4 is 30.8 Å². The van der Waals surface area contributed by atoms with Crippen molar-refractivity contribution in [1.29, 1.82) is 0 Å². The Bertz CT molecular complexity index is 954. The summed E-state index contributed by atoms with van der Waals surface area (Å²) in [4.78, 5) is 21.7. The molecule has 2 aromatic rings. The van der Waals surface area contributed by atoms with Crippen molar-refractivity contribution in [3.8, 4) is 5.75 Å². The van der Waals surface area contributed by atoms with Crippen LogP contribution in [0, 0.1) is 0 Å². The van der Waals surface area contributed by atoms with Gasteiger partial charge in [0.1, 0.15) is 5.75 Å². The van der Waals surface area contributed by atoms with Gasteiger partial charge >= 0.3 is 19.9 Å². The molecule has 0 aromatic heterocycles. The highest BCUT2D eigenvalue weighted by Gasteiger charge is 2.37. The molecule has 0 aliphatic heterocycles. The van der Waals surface area contributed by atoms with Crippen LogP contribution in [0.1, 0.15) is 21.5 Å². The fraction of sp³-hybridized carbons (Fsp3) is 0.188. The Hall–Kier alpha value is -2.23. The average Bonchev–Trinajstić information content (AvgIpc) is 2.53. The third-order valence-electron chi connectivity index (χ3n) is 3.30. The number of halogens is 7. The number of anilines is 1. The molecule has 0 fully saturated rings. The Kier molecular flexibility index (Phi) is 6.27. The van der Waals surface area contributed by atoms with Crippen molar-refractivity contribution in [2.75, 3.05) is 12.0 Å². The molecule has 0 bridgehead atoms. The minimum Gasteiger partial charge on any atom is -0.424 e. The monoisotopic (exact) mass is 461 g/mol. The zero-order chi connectivity index (χ0) is 22.2. The van der Waals surface area contributed by atoms with E-state index >= 15 is 0 Å². The number of benzene rings is 2. The van der Waals surface area contributed by atoms with Crippen LogP contribution >= 0.6 is 19.2 Å². The third kappa shape index (κ3) is 6.38. The fourth-order valence-electron chi connectivity index (χ4n) is 2.17. The maximum atomic E-state index is 12.9. The first-order chi connectivity index (χ1) is 13.1. The second kappa shape index (κ2) is 7.89. The first-order valence-corrected chi connectivity index (χ1v) is 9.87. The SMILES string of the molecule is CP(=O)(O)Oc1ccc(Cl)cc1C(=O)Nc1cc(C(F)(F)F)cc(C(F)(F)F)c1. The zero-order valence-corrected chi connectivity index (χ0v) is 15.9. The van der Waals surface area contributed by atoms with Crippen molar-refractivity contribution in [3.05, 3.63) is 58.1 Å². The lowest BCUT2D eigenvalue weighted by molar-refractivity contribution is -0.143. The summed E-state index contributed by atoms with van der Waals surface area (Å²) < 4.78 is 93.7. The number of amides is 1. The number of carbonyl (C=O) groups excluding carboxylic acids is 1. The smallest absolute Gasteiger partial charge is 0.416 e. The van der Waals surface area contributed by atoms with E-state index in [2.05, 4.69) is 0 Å². The van der Waals surface area contributed by atoms with Crippen LogP contribution in [-0.4, -0.2) is 17.5 Å². The Morgan fingerprint density at radius 3 is 2.00 bits per heavy atom. The summed E-state index contributed by atoms with van der Waals surface area (Å²) in [6, 6.07) is 3.76. The number of nitrogens with one attached hydrogen (secondary N) is 1. The van der Waals surface area contributed by atoms with E-state index in [1.165, 1.54) is 6.07 Å². The molecule has 0 radical (unpaired) electrons. The maximum absolute atomic E-state index is 12.9. The number of hydrogen-bond acceptors (Lipinski definition) is 3. The Morgan fingerprint density at radius 2 is 1.55 bits per heavy atom. The first-order valence-electron chi connectivity index (χ1n) is 7.46. The van der Waals surface area contributed by atoms with Gasteiger partial charge in [0, 0.05) is 17.4 Å². The van der Waals surface area contributed by atoms with E-state index in [1.54, 1.807) is 0 Å². The van der Waals surface area contributed by atoms with E-state index in [1.807, 2.05) is 5.32 Å². The van der Waals surface area contributed by atoms with Crippen molar-refractivity contribution in [1.82, 2.24) is 0 Å². The molecule has 2 aromatic carbocycles. The number of alkyl halides is 6. The van der Waals surface area contributed by atoms with Gasteiger partial charge in [0.05, 0.1) is 16.7 Å². The van der Waals surface area contributed by atoms with Gasteiger partial charge in [0.2, 0.25) is 0 Å². The molecule has 2 N–H and O–H groups in total. The van der Waals surface area contributed by atoms with Crippen LogP contribution in [0.5, 0.6) is 5.75 Å². The molecular weight excluding hydrogens is 451 g/mol. The third-order valence-corrected chi connectivity index (χ3v) is 4.07. The minimum atomic E-state index is -5.10. The van der Waals surface area contributed by atoms with Crippen LogP contribution in [0.15, 0.2) is 36.4 Å². The molecule has 13 heteroatoms. The standard InChI is InChI=1S/C16H11ClF6NO4P/c1-29(26,27)28-13-3-2-10(17)7-12(13)14(25)24-11-5-8(15(18,19)20)4-9(6-11)16(21,22)23/h2-7H,1H3,(H,24,25)(H,26,27). The molecule has 2 rings (SSSR count). The van der Waals surface area contributed by atoms with Crippen molar-refractivity contribution in [3.63, 3.8) is 0 Å². The van der Waals surface area contributed by atoms with Gasteiger partial charge in [-0.3, -0.25) is 4.79 Å². The normalized spacial score (nSPS) is 14.2. The van der Waals surface area contributed by atoms with Crippen LogP contribution in [0.3, 0.4) is 0 Å². The van der Waals surface area contributed by atoms with Gasteiger partial charge in [-0.1, -0.05) is 11.6 Å². The summed E-state index contributed by atoms with van der Waals surface area (Å²) in [5, 5.41) is 1.85. The first kappa shape index (κ1) is 23.1. The molecule has 1 unspecified atom stereocenters. The largest absolute Gasteiger partial charge is 0.424 e. The number of rotatable bonds is 4. The van der Waals surface area contributed by atoms with Gasteiger partial charge in [-0.25, -0.2) is 4.57 Å². The summed E-state index contributed by atoms with van der Waals surface area (Å²) in [5.41, 5.74) is -4.52. The topological polar surface area (TPSA) is 75.6 Å². The number of carbonyl (C=O) groups is 1. The molecule has 0 aliphatic rings. The lowest BCUT2D eigenvalue weighted by atomic mass is 10.1. The Labute approximate surface area is 164 Å². The molecule has 1 amide bonds. The molecule has 5 nitrogen and oxygen atoms in total. The minimum absolute atomic E-state index is 0.0357. The second-order valence-corrected chi connectivity index (χ2v) is 8.01. The molecule has 29 heavy (non-hydrogen) atoms. The van der Waals surface area contributed by atoms with Crippen LogP contribution in [-0.2, 0) is 16.9 Å². The molecule has 0 saturated heterocycles. The van der Waals surface area contributed by atoms with Crippen molar-refractivity contribution < 1.29 is 45.1 Å². The molecule has 0 heterocycles. The molecule has 0 saturated carbocycles. The van der Waals surface area contributed by atoms with Crippen LogP contribution in [0.2, 0.25) is 5.02 Å². The van der Waals surface area contributed by atoms with E-state index < -0.39 is 54.0 Å². The van der Waals surface area contributed by atoms with E-state index in [-0.39, 0.29) is 11.1 Å². The highest BCUT2D eigenvalue weighted by atomic mass is 35.5.